The lowest BCUT2D eigenvalue weighted by molar-refractivity contribution is -0.393. The number of carbonyl (C=O) groups is 1. The number of aromatic amines is 1. The lowest BCUT2D eigenvalue weighted by atomic mass is 10.2. The second-order valence-electron chi connectivity index (χ2n) is 3.01. The van der Waals surface area contributed by atoms with Crippen molar-refractivity contribution in [2.75, 3.05) is 7.11 Å². The zero-order chi connectivity index (χ0) is 14.8. The van der Waals surface area contributed by atoms with E-state index in [0.29, 0.717) is 6.20 Å². The number of nitro groups is 1. The number of esters is 1. The van der Waals surface area contributed by atoms with Crippen LogP contribution < -0.4 is 10.2 Å². The van der Waals surface area contributed by atoms with Crippen molar-refractivity contribution in [3.63, 3.8) is 0 Å². The van der Waals surface area contributed by atoms with Gasteiger partial charge >= 0.3 is 18.1 Å². The molecule has 0 atom stereocenters. The number of hydrogen-bond donors (Lipinski definition) is 1. The highest BCUT2D eigenvalue weighted by molar-refractivity contribution is 5.89. The van der Waals surface area contributed by atoms with Crippen molar-refractivity contribution in [3.05, 3.63) is 32.1 Å². The van der Waals surface area contributed by atoms with Crippen LogP contribution in [0.5, 0.6) is 5.75 Å². The van der Waals surface area contributed by atoms with Gasteiger partial charge in [-0.25, -0.2) is 9.78 Å². The number of hydrogen-bond acceptors (Lipinski definition) is 6. The Bertz CT molecular complexity index is 579. The van der Waals surface area contributed by atoms with Gasteiger partial charge in [-0.15, -0.1) is 13.2 Å². The fourth-order valence-electron chi connectivity index (χ4n) is 1.11. The second-order valence-corrected chi connectivity index (χ2v) is 3.01. The molecular formula is C8H5F3N2O6. The van der Waals surface area contributed by atoms with Crippen LogP contribution in [0.1, 0.15) is 10.4 Å². The first-order valence-electron chi connectivity index (χ1n) is 4.41. The molecule has 0 bridgehead atoms. The van der Waals surface area contributed by atoms with E-state index in [4.69, 9.17) is 0 Å². The molecule has 0 spiro atoms. The quantitative estimate of drug-likeness (QED) is 0.502. The normalized spacial score (nSPS) is 10.9. The largest absolute Gasteiger partial charge is 0.573 e. The van der Waals surface area contributed by atoms with Gasteiger partial charge in [0, 0.05) is 0 Å². The highest BCUT2D eigenvalue weighted by Gasteiger charge is 2.37. The average molecular weight is 282 g/mol. The number of alkyl halides is 3. The summed E-state index contributed by atoms with van der Waals surface area (Å²) in [4.78, 5) is 33.6. The number of nitrogens with zero attached hydrogens (tertiary/aromatic N) is 1. The number of ether oxygens (including phenoxy) is 2. The summed E-state index contributed by atoms with van der Waals surface area (Å²) in [6.45, 7) is 0. The Morgan fingerprint density at radius 1 is 1.47 bits per heavy atom. The number of pyridine rings is 1. The number of rotatable bonds is 3. The molecule has 0 unspecified atom stereocenters. The summed E-state index contributed by atoms with van der Waals surface area (Å²) in [6, 6.07) is 0. The molecule has 0 fully saturated rings. The predicted octanol–water partition coefficient (Wildman–Crippen LogP) is 0.968. The van der Waals surface area contributed by atoms with Gasteiger partial charge in [0.15, 0.2) is 5.56 Å². The van der Waals surface area contributed by atoms with Crippen LogP contribution in [0.25, 0.3) is 0 Å². The van der Waals surface area contributed by atoms with Crippen LogP contribution in [0.3, 0.4) is 0 Å². The molecule has 11 heteroatoms. The Morgan fingerprint density at radius 2 is 2.05 bits per heavy atom. The van der Waals surface area contributed by atoms with Crippen molar-refractivity contribution < 1.29 is 32.4 Å². The molecule has 1 aromatic heterocycles. The highest BCUT2D eigenvalue weighted by atomic mass is 19.4. The van der Waals surface area contributed by atoms with E-state index >= 15 is 0 Å². The Kier molecular flexibility index (Phi) is 3.77. The van der Waals surface area contributed by atoms with E-state index in [1.807, 2.05) is 0 Å². The summed E-state index contributed by atoms with van der Waals surface area (Å²) >= 11 is 0. The van der Waals surface area contributed by atoms with Gasteiger partial charge in [0.1, 0.15) is 6.20 Å². The first kappa shape index (κ1) is 14.5. The molecule has 0 radical (unpaired) electrons. The lowest BCUT2D eigenvalue weighted by Crippen LogP contribution is -2.26. The summed E-state index contributed by atoms with van der Waals surface area (Å²) in [5.41, 5.74) is -2.46. The zero-order valence-corrected chi connectivity index (χ0v) is 9.11. The summed E-state index contributed by atoms with van der Waals surface area (Å²) < 4.78 is 43.6. The van der Waals surface area contributed by atoms with Crippen molar-refractivity contribution in [2.24, 2.45) is 0 Å². The third kappa shape index (κ3) is 3.20. The van der Waals surface area contributed by atoms with Crippen LogP contribution in [0.4, 0.5) is 19.0 Å². The molecule has 0 aromatic carbocycles. The third-order valence-corrected chi connectivity index (χ3v) is 1.82. The predicted molar refractivity (Wildman–Crippen MR) is 51.7 cm³/mol. The SMILES string of the molecule is COC(=O)c1c[nH]c([N+](=O)[O-])c(OC(F)(F)F)c1=O. The minimum Gasteiger partial charge on any atom is -0.465 e. The van der Waals surface area contributed by atoms with Gasteiger partial charge in [-0.3, -0.25) is 4.79 Å². The van der Waals surface area contributed by atoms with Crippen molar-refractivity contribution >= 4 is 11.8 Å². The molecule has 0 amide bonds. The monoisotopic (exact) mass is 282 g/mol. The van der Waals surface area contributed by atoms with Crippen LogP contribution >= 0.6 is 0 Å². The van der Waals surface area contributed by atoms with Gasteiger partial charge in [0.05, 0.1) is 7.11 Å². The van der Waals surface area contributed by atoms with E-state index in [1.165, 1.54) is 0 Å². The zero-order valence-electron chi connectivity index (χ0n) is 9.11. The molecule has 1 rings (SSSR count). The molecule has 0 aliphatic carbocycles. The Morgan fingerprint density at radius 3 is 2.47 bits per heavy atom. The van der Waals surface area contributed by atoms with Crippen molar-refractivity contribution in [2.45, 2.75) is 6.36 Å². The summed E-state index contributed by atoms with van der Waals surface area (Å²) in [5, 5.41) is 10.5. The van der Waals surface area contributed by atoms with Crippen molar-refractivity contribution in [1.82, 2.24) is 4.98 Å². The standard InChI is InChI=1S/C8H5F3N2O6/c1-18-7(15)3-2-12-6(13(16)17)5(4(3)14)19-8(9,10)11/h2H,1H3,(H,12,14). The van der Waals surface area contributed by atoms with Gasteiger partial charge in [-0.05, 0) is 4.92 Å². The molecule has 104 valence electrons. The first-order valence-corrected chi connectivity index (χ1v) is 4.41. The van der Waals surface area contributed by atoms with Gasteiger partial charge in [-0.2, -0.15) is 0 Å². The Hall–Kier alpha value is -2.59. The van der Waals surface area contributed by atoms with Crippen molar-refractivity contribution in [1.29, 1.82) is 0 Å². The number of nitrogens with one attached hydrogen (secondary N) is 1. The molecule has 1 aromatic rings. The van der Waals surface area contributed by atoms with Gasteiger partial charge in [0.2, 0.25) is 5.43 Å². The maximum atomic E-state index is 12.1. The Labute approximate surface area is 101 Å². The van der Waals surface area contributed by atoms with Crippen LogP contribution in [-0.2, 0) is 4.74 Å². The van der Waals surface area contributed by atoms with Gasteiger partial charge in [0.25, 0.3) is 5.75 Å². The van der Waals surface area contributed by atoms with E-state index in [9.17, 15) is 32.9 Å². The second kappa shape index (κ2) is 4.96. The topological polar surface area (TPSA) is 112 Å². The summed E-state index contributed by atoms with van der Waals surface area (Å²) in [6.07, 6.45) is -4.76. The van der Waals surface area contributed by atoms with E-state index in [-0.39, 0.29) is 0 Å². The molecule has 1 heterocycles. The molecule has 1 N–H and O–H groups in total. The van der Waals surface area contributed by atoms with E-state index in [2.05, 4.69) is 9.47 Å². The molecule has 0 saturated heterocycles. The average Bonchev–Trinajstić information content (AvgIpc) is 2.28. The number of H-pyrrole nitrogens is 1. The van der Waals surface area contributed by atoms with E-state index < -0.39 is 39.8 Å². The molecule has 0 saturated carbocycles. The lowest BCUT2D eigenvalue weighted by Gasteiger charge is -2.09. The van der Waals surface area contributed by atoms with Crippen LogP contribution in [-0.4, -0.2) is 29.3 Å². The molecule has 0 aliphatic rings. The summed E-state index contributed by atoms with van der Waals surface area (Å²) in [7, 11) is 0.882. The van der Waals surface area contributed by atoms with E-state index in [1.54, 1.807) is 4.98 Å². The minimum absolute atomic E-state index is 0.565. The molecule has 19 heavy (non-hydrogen) atoms. The van der Waals surface area contributed by atoms with Gasteiger partial charge in [-0.1, -0.05) is 0 Å². The highest BCUT2D eigenvalue weighted by Crippen LogP contribution is 2.27. The minimum atomic E-state index is -5.33. The first-order chi connectivity index (χ1) is 8.67. The van der Waals surface area contributed by atoms with Gasteiger partial charge < -0.3 is 19.6 Å². The number of carbonyl (C=O) groups excluding carboxylic acids is 1. The number of methoxy groups -OCH3 is 1. The molecular weight excluding hydrogens is 277 g/mol. The molecule has 0 aliphatic heterocycles. The van der Waals surface area contributed by atoms with Crippen LogP contribution in [0, 0.1) is 10.1 Å². The number of aromatic nitrogens is 1. The van der Waals surface area contributed by atoms with Crippen LogP contribution in [0.15, 0.2) is 11.0 Å². The smallest absolute Gasteiger partial charge is 0.465 e. The van der Waals surface area contributed by atoms with E-state index in [0.717, 1.165) is 7.11 Å². The Balaban J connectivity index is 3.49. The molecule has 8 nitrogen and oxygen atoms in total. The van der Waals surface area contributed by atoms with Crippen molar-refractivity contribution in [3.8, 4) is 5.75 Å². The maximum Gasteiger partial charge on any atom is 0.573 e. The number of halogens is 3. The fourth-order valence-corrected chi connectivity index (χ4v) is 1.11. The maximum absolute atomic E-state index is 12.1. The summed E-state index contributed by atoms with van der Waals surface area (Å²) in [5.74, 6) is -4.22. The fraction of sp³-hybridized carbons (Fsp3) is 0.250. The van der Waals surface area contributed by atoms with Crippen LogP contribution in [0.2, 0.25) is 0 Å². The third-order valence-electron chi connectivity index (χ3n) is 1.82.